The Morgan fingerprint density at radius 3 is 2.62 bits per heavy atom. The molecule has 5 nitrogen and oxygen atoms in total. The van der Waals surface area contributed by atoms with Crippen molar-refractivity contribution >= 4 is 11.6 Å². The van der Waals surface area contributed by atoms with E-state index in [9.17, 15) is 0 Å². The van der Waals surface area contributed by atoms with E-state index >= 15 is 0 Å². The Bertz CT molecular complexity index is 328. The van der Waals surface area contributed by atoms with E-state index in [1.807, 2.05) is 19.9 Å². The summed E-state index contributed by atoms with van der Waals surface area (Å²) in [5.74, 6) is 1.51. The summed E-state index contributed by atoms with van der Waals surface area (Å²) < 4.78 is 0. The molecular formula is C11H20N4O. The molecule has 0 radical (unpaired) electrons. The Morgan fingerprint density at radius 2 is 2.00 bits per heavy atom. The highest BCUT2D eigenvalue weighted by Gasteiger charge is 2.16. The number of aliphatic hydroxyl groups excluding tert-OH is 1. The van der Waals surface area contributed by atoms with Gasteiger partial charge >= 0.3 is 0 Å². The van der Waals surface area contributed by atoms with Gasteiger partial charge in [0.25, 0.3) is 0 Å². The monoisotopic (exact) mass is 224 g/mol. The maximum Gasteiger partial charge on any atom is 0.131 e. The fourth-order valence-electron chi connectivity index (χ4n) is 1.16. The molecule has 1 heterocycles. The topological polar surface area (TPSA) is 70.1 Å². The van der Waals surface area contributed by atoms with E-state index in [2.05, 4.69) is 27.5 Å². The van der Waals surface area contributed by atoms with Gasteiger partial charge in [-0.3, -0.25) is 0 Å². The van der Waals surface area contributed by atoms with Gasteiger partial charge in [-0.1, -0.05) is 6.92 Å². The van der Waals surface area contributed by atoms with Crippen LogP contribution in [0.25, 0.3) is 0 Å². The highest BCUT2D eigenvalue weighted by molar-refractivity contribution is 5.47. The standard InChI is InChI=1S/C11H20N4O/c1-4-5-12-9-6-10(14-8-13-9)15-11(2,3)7-16/h6,8,16H,4-5,7H2,1-3H3,(H2,12,13,14,15). The van der Waals surface area contributed by atoms with Crippen LogP contribution in [0.2, 0.25) is 0 Å². The minimum atomic E-state index is -0.379. The van der Waals surface area contributed by atoms with Crippen LogP contribution in [0.1, 0.15) is 27.2 Å². The quantitative estimate of drug-likeness (QED) is 0.683. The van der Waals surface area contributed by atoms with Crippen molar-refractivity contribution in [2.24, 2.45) is 0 Å². The molecule has 0 aromatic carbocycles. The lowest BCUT2D eigenvalue weighted by atomic mass is 10.1. The maximum atomic E-state index is 9.14. The van der Waals surface area contributed by atoms with Crippen LogP contribution in [0.15, 0.2) is 12.4 Å². The number of nitrogens with zero attached hydrogens (tertiary/aromatic N) is 2. The summed E-state index contributed by atoms with van der Waals surface area (Å²) in [7, 11) is 0. The summed E-state index contributed by atoms with van der Waals surface area (Å²) in [6.45, 7) is 6.86. The summed E-state index contributed by atoms with van der Waals surface area (Å²) in [4.78, 5) is 8.22. The van der Waals surface area contributed by atoms with E-state index in [-0.39, 0.29) is 12.1 Å². The lowest BCUT2D eigenvalue weighted by molar-refractivity contribution is 0.234. The van der Waals surface area contributed by atoms with Gasteiger partial charge in [-0.2, -0.15) is 0 Å². The minimum absolute atomic E-state index is 0.0503. The van der Waals surface area contributed by atoms with E-state index in [0.29, 0.717) is 5.82 Å². The van der Waals surface area contributed by atoms with Gasteiger partial charge in [0.1, 0.15) is 18.0 Å². The fourth-order valence-corrected chi connectivity index (χ4v) is 1.16. The highest BCUT2D eigenvalue weighted by Crippen LogP contribution is 2.14. The first-order valence-electron chi connectivity index (χ1n) is 5.52. The molecule has 3 N–H and O–H groups in total. The van der Waals surface area contributed by atoms with Crippen LogP contribution in [0, 0.1) is 0 Å². The van der Waals surface area contributed by atoms with Gasteiger partial charge in [0.2, 0.25) is 0 Å². The highest BCUT2D eigenvalue weighted by atomic mass is 16.3. The Balaban J connectivity index is 2.67. The van der Waals surface area contributed by atoms with E-state index in [1.165, 1.54) is 6.33 Å². The van der Waals surface area contributed by atoms with Crippen LogP contribution >= 0.6 is 0 Å². The first kappa shape index (κ1) is 12.7. The molecule has 0 unspecified atom stereocenters. The third-order valence-corrected chi connectivity index (χ3v) is 2.08. The summed E-state index contributed by atoms with van der Waals surface area (Å²) in [6, 6.07) is 1.84. The molecule has 1 aromatic rings. The molecule has 0 aliphatic carbocycles. The van der Waals surface area contributed by atoms with E-state index in [4.69, 9.17) is 5.11 Å². The Kier molecular flexibility index (Phi) is 4.49. The van der Waals surface area contributed by atoms with Crippen molar-refractivity contribution in [3.63, 3.8) is 0 Å². The van der Waals surface area contributed by atoms with Crippen LogP contribution in [0.5, 0.6) is 0 Å². The molecule has 0 aliphatic heterocycles. The van der Waals surface area contributed by atoms with Gasteiger partial charge in [0.05, 0.1) is 12.1 Å². The first-order valence-corrected chi connectivity index (χ1v) is 5.52. The maximum absolute atomic E-state index is 9.14. The lowest BCUT2D eigenvalue weighted by Crippen LogP contribution is -2.35. The van der Waals surface area contributed by atoms with Gasteiger partial charge in [0, 0.05) is 12.6 Å². The number of nitrogens with one attached hydrogen (secondary N) is 2. The zero-order valence-electron chi connectivity index (χ0n) is 10.1. The van der Waals surface area contributed by atoms with Gasteiger partial charge < -0.3 is 15.7 Å². The van der Waals surface area contributed by atoms with Crippen molar-refractivity contribution in [3.8, 4) is 0 Å². The Labute approximate surface area is 96.3 Å². The summed E-state index contributed by atoms with van der Waals surface area (Å²) >= 11 is 0. The van der Waals surface area contributed by atoms with Gasteiger partial charge in [-0.25, -0.2) is 9.97 Å². The van der Waals surface area contributed by atoms with E-state index in [1.54, 1.807) is 0 Å². The second-order valence-corrected chi connectivity index (χ2v) is 4.38. The third-order valence-electron chi connectivity index (χ3n) is 2.08. The number of anilines is 2. The molecule has 0 spiro atoms. The SMILES string of the molecule is CCCNc1cc(NC(C)(C)CO)ncn1. The molecule has 0 saturated heterocycles. The lowest BCUT2D eigenvalue weighted by Gasteiger charge is -2.24. The van der Waals surface area contributed by atoms with Crippen molar-refractivity contribution in [1.82, 2.24) is 9.97 Å². The van der Waals surface area contributed by atoms with E-state index in [0.717, 1.165) is 18.8 Å². The fraction of sp³-hybridized carbons (Fsp3) is 0.636. The molecule has 5 heteroatoms. The van der Waals surface area contributed by atoms with Gasteiger partial charge in [-0.05, 0) is 20.3 Å². The van der Waals surface area contributed by atoms with Crippen LogP contribution in [0.3, 0.4) is 0 Å². The largest absolute Gasteiger partial charge is 0.394 e. The second kappa shape index (κ2) is 5.65. The van der Waals surface area contributed by atoms with Crippen molar-refractivity contribution in [2.75, 3.05) is 23.8 Å². The molecule has 0 amide bonds. The number of hydrogen-bond acceptors (Lipinski definition) is 5. The van der Waals surface area contributed by atoms with Crippen LogP contribution in [0.4, 0.5) is 11.6 Å². The molecule has 0 fully saturated rings. The van der Waals surface area contributed by atoms with Crippen molar-refractivity contribution < 1.29 is 5.11 Å². The molecule has 0 aliphatic rings. The Hall–Kier alpha value is -1.36. The molecule has 1 aromatic heterocycles. The summed E-state index contributed by atoms with van der Waals surface area (Å²) in [6.07, 6.45) is 2.56. The zero-order valence-corrected chi connectivity index (χ0v) is 10.1. The third kappa shape index (κ3) is 4.02. The second-order valence-electron chi connectivity index (χ2n) is 4.38. The van der Waals surface area contributed by atoms with E-state index < -0.39 is 0 Å². The average Bonchev–Trinajstić information content (AvgIpc) is 2.26. The van der Waals surface area contributed by atoms with Crippen LogP contribution in [-0.4, -0.2) is 33.8 Å². The van der Waals surface area contributed by atoms with Crippen LogP contribution < -0.4 is 10.6 Å². The number of aromatic nitrogens is 2. The predicted octanol–water partition coefficient (Wildman–Crippen LogP) is 1.48. The van der Waals surface area contributed by atoms with Crippen LogP contribution in [-0.2, 0) is 0 Å². The average molecular weight is 224 g/mol. The van der Waals surface area contributed by atoms with Crippen molar-refractivity contribution in [3.05, 3.63) is 12.4 Å². The van der Waals surface area contributed by atoms with Gasteiger partial charge in [0.15, 0.2) is 0 Å². The number of rotatable bonds is 6. The predicted molar refractivity (Wildman–Crippen MR) is 65.6 cm³/mol. The molecule has 0 atom stereocenters. The smallest absolute Gasteiger partial charge is 0.131 e. The first-order chi connectivity index (χ1) is 7.57. The van der Waals surface area contributed by atoms with Gasteiger partial charge in [-0.15, -0.1) is 0 Å². The number of hydrogen-bond donors (Lipinski definition) is 3. The van der Waals surface area contributed by atoms with Crippen molar-refractivity contribution in [1.29, 1.82) is 0 Å². The zero-order chi connectivity index (χ0) is 12.0. The minimum Gasteiger partial charge on any atom is -0.394 e. The molecule has 0 bridgehead atoms. The molecule has 1 rings (SSSR count). The Morgan fingerprint density at radius 1 is 1.31 bits per heavy atom. The molecular weight excluding hydrogens is 204 g/mol. The molecule has 16 heavy (non-hydrogen) atoms. The normalized spacial score (nSPS) is 11.2. The summed E-state index contributed by atoms with van der Waals surface area (Å²) in [5, 5.41) is 15.5. The summed E-state index contributed by atoms with van der Waals surface area (Å²) in [5.41, 5.74) is -0.379. The van der Waals surface area contributed by atoms with Crippen molar-refractivity contribution in [2.45, 2.75) is 32.7 Å². The molecule has 0 saturated carbocycles. The molecule has 90 valence electrons. The number of aliphatic hydroxyl groups is 1.